The molecule has 1 aromatic rings. The van der Waals surface area contributed by atoms with Crippen LogP contribution in [0.1, 0.15) is 44.1 Å². The lowest BCUT2D eigenvalue weighted by atomic mass is 9.58. The van der Waals surface area contributed by atoms with E-state index in [0.717, 1.165) is 19.1 Å². The molecule has 3 heteroatoms. The zero-order valence-corrected chi connectivity index (χ0v) is 12.2. The molecule has 1 aliphatic carbocycles. The summed E-state index contributed by atoms with van der Waals surface area (Å²) in [5.74, 6) is 6.70. The zero-order valence-electron chi connectivity index (χ0n) is 12.2. The summed E-state index contributed by atoms with van der Waals surface area (Å²) in [5.41, 5.74) is 4.87. The van der Waals surface area contributed by atoms with E-state index in [1.54, 1.807) is 0 Å². The fraction of sp³-hybridized carbons (Fsp3) is 0.647. The summed E-state index contributed by atoms with van der Waals surface area (Å²) in [6.07, 6.45) is 7.38. The number of nitrogens with two attached hydrogens (primary N) is 1. The molecule has 2 aliphatic rings. The van der Waals surface area contributed by atoms with Gasteiger partial charge >= 0.3 is 0 Å². The van der Waals surface area contributed by atoms with E-state index in [-0.39, 0.29) is 5.41 Å². The average Bonchev–Trinajstić information content (AvgIpc) is 2.47. The Kier molecular flexibility index (Phi) is 4.39. The third-order valence-electron chi connectivity index (χ3n) is 5.37. The molecule has 1 aromatic carbocycles. The van der Waals surface area contributed by atoms with Crippen LogP contribution in [0.15, 0.2) is 30.3 Å². The number of benzene rings is 1. The van der Waals surface area contributed by atoms with Gasteiger partial charge in [0.2, 0.25) is 0 Å². The van der Waals surface area contributed by atoms with Crippen LogP contribution in [0.5, 0.6) is 0 Å². The molecule has 0 amide bonds. The van der Waals surface area contributed by atoms with Crippen molar-refractivity contribution < 1.29 is 4.74 Å². The van der Waals surface area contributed by atoms with Gasteiger partial charge in [-0.3, -0.25) is 11.3 Å². The van der Waals surface area contributed by atoms with Crippen LogP contribution < -0.4 is 11.3 Å². The van der Waals surface area contributed by atoms with Crippen molar-refractivity contribution in [3.05, 3.63) is 35.9 Å². The largest absolute Gasteiger partial charge is 0.381 e. The first-order valence-electron chi connectivity index (χ1n) is 7.94. The van der Waals surface area contributed by atoms with Gasteiger partial charge in [0.15, 0.2) is 0 Å². The lowest BCUT2D eigenvalue weighted by Crippen LogP contribution is -2.55. The van der Waals surface area contributed by atoms with Crippen molar-refractivity contribution in [2.24, 2.45) is 11.8 Å². The molecule has 1 unspecified atom stereocenters. The highest BCUT2D eigenvalue weighted by Gasteiger charge is 2.45. The molecule has 2 fully saturated rings. The van der Waals surface area contributed by atoms with E-state index in [1.165, 1.54) is 44.1 Å². The van der Waals surface area contributed by atoms with E-state index >= 15 is 0 Å². The third-order valence-corrected chi connectivity index (χ3v) is 5.37. The summed E-state index contributed by atoms with van der Waals surface area (Å²) in [7, 11) is 0. The Morgan fingerprint density at radius 2 is 1.90 bits per heavy atom. The first-order valence-corrected chi connectivity index (χ1v) is 7.94. The molecule has 3 N–H and O–H groups in total. The number of rotatable bonds is 5. The minimum Gasteiger partial charge on any atom is -0.381 e. The molecule has 1 aliphatic heterocycles. The number of hydrogen-bond donors (Lipinski definition) is 2. The third kappa shape index (κ3) is 2.62. The number of ether oxygens (including phenoxy) is 1. The monoisotopic (exact) mass is 274 g/mol. The van der Waals surface area contributed by atoms with Crippen molar-refractivity contribution in [1.82, 2.24) is 5.43 Å². The van der Waals surface area contributed by atoms with Gasteiger partial charge in [-0.1, -0.05) is 36.8 Å². The molecular weight excluding hydrogens is 248 g/mol. The molecule has 1 atom stereocenters. The van der Waals surface area contributed by atoms with Crippen LogP contribution in [0.2, 0.25) is 0 Å². The van der Waals surface area contributed by atoms with Gasteiger partial charge in [0.1, 0.15) is 0 Å². The van der Waals surface area contributed by atoms with Crippen molar-refractivity contribution in [2.75, 3.05) is 13.2 Å². The Labute approximate surface area is 121 Å². The SMILES string of the molecule is NNC(CC1CCOCC1)C1(c2ccccc2)CCC1. The first kappa shape index (κ1) is 14.1. The lowest BCUT2D eigenvalue weighted by Gasteiger charge is -2.49. The molecule has 0 aromatic heterocycles. The topological polar surface area (TPSA) is 47.3 Å². The van der Waals surface area contributed by atoms with Crippen LogP contribution in [-0.2, 0) is 10.2 Å². The van der Waals surface area contributed by atoms with Crippen molar-refractivity contribution in [2.45, 2.75) is 50.0 Å². The fourth-order valence-corrected chi connectivity index (χ4v) is 3.93. The number of nitrogens with one attached hydrogen (secondary N) is 1. The second-order valence-corrected chi connectivity index (χ2v) is 6.39. The van der Waals surface area contributed by atoms with Crippen LogP contribution in [0.4, 0.5) is 0 Å². The summed E-state index contributed by atoms with van der Waals surface area (Å²) >= 11 is 0. The van der Waals surface area contributed by atoms with E-state index in [2.05, 4.69) is 35.8 Å². The van der Waals surface area contributed by atoms with Gasteiger partial charge in [-0.15, -0.1) is 0 Å². The predicted molar refractivity (Wildman–Crippen MR) is 81.2 cm³/mol. The van der Waals surface area contributed by atoms with Gasteiger partial charge in [-0.25, -0.2) is 0 Å². The smallest absolute Gasteiger partial charge is 0.0468 e. The van der Waals surface area contributed by atoms with Crippen molar-refractivity contribution in [3.63, 3.8) is 0 Å². The van der Waals surface area contributed by atoms with Gasteiger partial charge < -0.3 is 4.74 Å². The molecule has 0 spiro atoms. The minimum atomic E-state index is 0.258. The van der Waals surface area contributed by atoms with E-state index in [0.29, 0.717) is 6.04 Å². The summed E-state index contributed by atoms with van der Waals surface area (Å²) in [6, 6.07) is 11.3. The van der Waals surface area contributed by atoms with Gasteiger partial charge in [0.25, 0.3) is 0 Å². The summed E-state index contributed by atoms with van der Waals surface area (Å²) in [5, 5.41) is 0. The molecule has 3 rings (SSSR count). The zero-order chi connectivity index (χ0) is 13.8. The fourth-order valence-electron chi connectivity index (χ4n) is 3.93. The Bertz CT molecular complexity index is 410. The highest BCUT2D eigenvalue weighted by atomic mass is 16.5. The maximum atomic E-state index is 5.94. The highest BCUT2D eigenvalue weighted by molar-refractivity contribution is 5.30. The molecule has 20 heavy (non-hydrogen) atoms. The molecule has 0 radical (unpaired) electrons. The summed E-state index contributed by atoms with van der Waals surface area (Å²) < 4.78 is 5.47. The second-order valence-electron chi connectivity index (χ2n) is 6.39. The standard InChI is InChI=1S/C17H26N2O/c18-19-16(13-14-7-11-20-12-8-14)17(9-4-10-17)15-5-2-1-3-6-15/h1-3,5-6,14,16,19H,4,7-13,18H2. The molecule has 3 nitrogen and oxygen atoms in total. The van der Waals surface area contributed by atoms with Crippen molar-refractivity contribution in [3.8, 4) is 0 Å². The van der Waals surface area contributed by atoms with E-state index < -0.39 is 0 Å². The molecule has 110 valence electrons. The van der Waals surface area contributed by atoms with Crippen LogP contribution in [-0.4, -0.2) is 19.3 Å². The van der Waals surface area contributed by atoms with Gasteiger partial charge in [-0.05, 0) is 43.6 Å². The van der Waals surface area contributed by atoms with Crippen molar-refractivity contribution in [1.29, 1.82) is 0 Å². The van der Waals surface area contributed by atoms with Crippen LogP contribution in [0.25, 0.3) is 0 Å². The maximum absolute atomic E-state index is 5.94. The summed E-state index contributed by atoms with van der Waals surface area (Å²) in [6.45, 7) is 1.83. The number of hydrazine groups is 1. The molecule has 1 heterocycles. The number of hydrogen-bond acceptors (Lipinski definition) is 3. The van der Waals surface area contributed by atoms with Gasteiger partial charge in [-0.2, -0.15) is 0 Å². The van der Waals surface area contributed by atoms with Crippen LogP contribution in [0, 0.1) is 5.92 Å². The Balaban J connectivity index is 1.75. The Morgan fingerprint density at radius 1 is 1.20 bits per heavy atom. The lowest BCUT2D eigenvalue weighted by molar-refractivity contribution is 0.0500. The van der Waals surface area contributed by atoms with Crippen LogP contribution in [0.3, 0.4) is 0 Å². The van der Waals surface area contributed by atoms with E-state index in [1.807, 2.05) is 0 Å². The molecule has 1 saturated carbocycles. The second kappa shape index (κ2) is 6.25. The minimum absolute atomic E-state index is 0.258. The maximum Gasteiger partial charge on any atom is 0.0468 e. The quantitative estimate of drug-likeness (QED) is 0.641. The average molecular weight is 274 g/mol. The van der Waals surface area contributed by atoms with Gasteiger partial charge in [0.05, 0.1) is 0 Å². The normalized spacial score (nSPS) is 24.1. The molecular formula is C17H26N2O. The highest BCUT2D eigenvalue weighted by Crippen LogP contribution is 2.48. The predicted octanol–water partition coefficient (Wildman–Crippen LogP) is 2.76. The van der Waals surface area contributed by atoms with Crippen molar-refractivity contribution >= 4 is 0 Å². The molecule has 1 saturated heterocycles. The van der Waals surface area contributed by atoms with Gasteiger partial charge in [0, 0.05) is 24.7 Å². The van der Waals surface area contributed by atoms with E-state index in [9.17, 15) is 0 Å². The van der Waals surface area contributed by atoms with Crippen LogP contribution >= 0.6 is 0 Å². The molecule has 0 bridgehead atoms. The summed E-state index contributed by atoms with van der Waals surface area (Å²) in [4.78, 5) is 0. The first-order chi connectivity index (χ1) is 9.85. The Morgan fingerprint density at radius 3 is 2.45 bits per heavy atom. The van der Waals surface area contributed by atoms with E-state index in [4.69, 9.17) is 10.6 Å². The Hall–Kier alpha value is -0.900.